The van der Waals surface area contributed by atoms with Gasteiger partial charge < -0.3 is 5.11 Å². The Morgan fingerprint density at radius 2 is 2.00 bits per heavy atom. The van der Waals surface area contributed by atoms with Crippen molar-refractivity contribution in [3.05, 3.63) is 65.0 Å². The van der Waals surface area contributed by atoms with Crippen molar-refractivity contribution in [2.75, 3.05) is 5.32 Å². The summed E-state index contributed by atoms with van der Waals surface area (Å²) < 4.78 is 0. The molecule has 0 fully saturated rings. The van der Waals surface area contributed by atoms with Gasteiger partial charge in [-0.25, -0.2) is 15.2 Å². The van der Waals surface area contributed by atoms with Crippen molar-refractivity contribution in [1.82, 2.24) is 10.4 Å². The summed E-state index contributed by atoms with van der Waals surface area (Å²) >= 11 is 2.17. The monoisotopic (exact) mass is 450 g/mol. The Morgan fingerprint density at radius 3 is 2.74 bits per heavy atom. The fourth-order valence-corrected chi connectivity index (χ4v) is 2.84. The summed E-state index contributed by atoms with van der Waals surface area (Å²) in [5.41, 5.74) is 5.46. The Balaban J connectivity index is 0.00000126. The molecule has 27 heavy (non-hydrogen) atoms. The zero-order chi connectivity index (χ0) is 19.6. The van der Waals surface area contributed by atoms with Crippen LogP contribution in [0.5, 0.6) is 5.75 Å². The molecule has 9 heteroatoms. The number of urea groups is 1. The van der Waals surface area contributed by atoms with Gasteiger partial charge >= 0.3 is 33.0 Å². The summed E-state index contributed by atoms with van der Waals surface area (Å²) in [7, 11) is 4.76. The van der Waals surface area contributed by atoms with Gasteiger partial charge in [0.1, 0.15) is 0 Å². The Bertz CT molecular complexity index is 919. The molecule has 1 aromatic heterocycles. The summed E-state index contributed by atoms with van der Waals surface area (Å²) in [6.45, 7) is 1.88. The molecule has 0 bridgehead atoms. The van der Waals surface area contributed by atoms with Crippen LogP contribution in [0.1, 0.15) is 11.1 Å². The van der Waals surface area contributed by atoms with Gasteiger partial charge in [-0.1, -0.05) is 59.8 Å². The molecule has 0 saturated heterocycles. The van der Waals surface area contributed by atoms with Gasteiger partial charge in [-0.3, -0.25) is 5.32 Å². The Kier molecular flexibility index (Phi) is 8.39. The number of hydrazone groups is 1. The zero-order valence-electron chi connectivity index (χ0n) is 14.5. The van der Waals surface area contributed by atoms with Crippen LogP contribution in [0.2, 0.25) is 0 Å². The number of halogens is 1. The number of rotatable bonds is 4. The molecule has 134 valence electrons. The number of aryl methyl sites for hydroxylation is 1. The third-order valence-corrected chi connectivity index (χ3v) is 4.09. The van der Waals surface area contributed by atoms with Crippen LogP contribution in [0.4, 0.5) is 9.93 Å². The fraction of sp³-hybridized carbons (Fsp3) is 0.0556. The molecule has 3 rings (SSSR count). The van der Waals surface area contributed by atoms with Crippen molar-refractivity contribution in [1.29, 1.82) is 0 Å². The fourth-order valence-electron chi connectivity index (χ4n) is 2.13. The second kappa shape index (κ2) is 10.8. The molecule has 0 unspecified atom stereocenters. The van der Waals surface area contributed by atoms with E-state index in [0.717, 1.165) is 34.1 Å². The number of aromatic nitrogens is 1. The molecule has 0 aliphatic rings. The summed E-state index contributed by atoms with van der Waals surface area (Å²) in [6, 6.07) is 14.1. The van der Waals surface area contributed by atoms with Gasteiger partial charge in [0.05, 0.1) is 11.9 Å². The molecular formula is C18H15ClN4O2SZn. The molecule has 3 aromatic rings. The Hall–Kier alpha value is -2.28. The predicted octanol–water partition coefficient (Wildman–Crippen LogP) is 4.03. The first-order valence-corrected chi connectivity index (χ1v) is 12.5. The van der Waals surface area contributed by atoms with E-state index in [-0.39, 0.29) is 5.75 Å². The van der Waals surface area contributed by atoms with E-state index in [1.54, 1.807) is 12.1 Å². The third kappa shape index (κ3) is 6.43. The molecular weight excluding hydrogens is 437 g/mol. The number of hydrogen-bond donors (Lipinski definition) is 2. The number of nitrogens with zero attached hydrogens (tertiary/aromatic N) is 2. The molecule has 0 aliphatic heterocycles. The number of hydrogen-bond acceptors (Lipinski definition) is 5. The van der Waals surface area contributed by atoms with E-state index in [9.17, 15) is 9.90 Å². The number of thiazole rings is 1. The molecule has 0 radical (unpaired) electrons. The van der Waals surface area contributed by atoms with Crippen molar-refractivity contribution in [3.8, 4) is 17.0 Å². The molecule has 2 amide bonds. The van der Waals surface area contributed by atoms with E-state index in [0.29, 0.717) is 10.7 Å². The molecule has 0 saturated carbocycles. The van der Waals surface area contributed by atoms with Crippen LogP contribution in [0, 0.1) is 6.92 Å². The van der Waals surface area contributed by atoms with E-state index in [2.05, 4.69) is 20.8 Å². The summed E-state index contributed by atoms with van der Waals surface area (Å²) in [5.74, 6) is -0.149. The molecule has 2 N–H and O–H groups in total. The molecule has 6 nitrogen and oxygen atoms in total. The number of carbonyl (C=O) groups excluding carboxylic acids is 1. The van der Waals surface area contributed by atoms with E-state index in [1.165, 1.54) is 23.6 Å². The van der Waals surface area contributed by atoms with Gasteiger partial charge in [0.15, 0.2) is 5.13 Å². The van der Waals surface area contributed by atoms with Crippen LogP contribution in [0.15, 0.2) is 59.0 Å². The molecule has 0 spiro atoms. The van der Waals surface area contributed by atoms with Crippen molar-refractivity contribution in [2.24, 2.45) is 5.10 Å². The summed E-state index contributed by atoms with van der Waals surface area (Å²) in [5, 5.41) is 20.4. The van der Waals surface area contributed by atoms with Crippen molar-refractivity contribution < 1.29 is 27.2 Å². The van der Waals surface area contributed by atoms with Gasteiger partial charge in [-0.05, 0) is 12.5 Å². The number of nitrogens with one attached hydrogen (secondary N) is 2. The maximum absolute atomic E-state index is 11.9. The van der Waals surface area contributed by atoms with Gasteiger partial charge in [0, 0.05) is 10.9 Å². The number of carbonyl (C=O) groups is 1. The average molecular weight is 452 g/mol. The van der Waals surface area contributed by atoms with Gasteiger partial charge in [-0.15, -0.1) is 11.3 Å². The first-order valence-electron chi connectivity index (χ1n) is 7.77. The molecule has 0 atom stereocenters. The Morgan fingerprint density at radius 1 is 1.26 bits per heavy atom. The first-order chi connectivity index (χ1) is 13.1. The quantitative estimate of drug-likeness (QED) is 0.356. The van der Waals surface area contributed by atoms with Crippen LogP contribution in [-0.2, 0) is 17.3 Å². The number of amides is 2. The predicted molar refractivity (Wildman–Crippen MR) is 104 cm³/mol. The van der Waals surface area contributed by atoms with E-state index < -0.39 is 6.03 Å². The Labute approximate surface area is 175 Å². The molecule has 2 aromatic carbocycles. The van der Waals surface area contributed by atoms with Crippen molar-refractivity contribution in [3.63, 3.8) is 0 Å². The van der Waals surface area contributed by atoms with Crippen LogP contribution in [0.3, 0.4) is 0 Å². The van der Waals surface area contributed by atoms with Gasteiger partial charge in [0.2, 0.25) is 0 Å². The first kappa shape index (κ1) is 21.0. The number of anilines is 1. The standard InChI is InChI=1S/C18H16N4O2S.ClH.Zn/c1-12-7-8-16(23)14(9-12)10-19-22-17(24)21-18-20-15(11-25-18)13-5-3-2-4-6-13;;/h2-11,23H,1H3,(H2,20,21,22,24);1H;/q;;+2/p-2/b19-10+;;. The maximum atomic E-state index is 11.9. The topological polar surface area (TPSA) is 89.4 Å². The minimum absolute atomic E-state index is 0.149. The second-order valence-corrected chi connectivity index (χ2v) is 6.13. The van der Waals surface area contributed by atoms with Crippen LogP contribution >= 0.6 is 21.0 Å². The van der Waals surface area contributed by atoms with Crippen LogP contribution in [0.25, 0.3) is 11.3 Å². The summed E-state index contributed by atoms with van der Waals surface area (Å²) in [6.07, 6.45) is 1.33. The van der Waals surface area contributed by atoms with Crippen molar-refractivity contribution in [2.45, 2.75) is 6.92 Å². The van der Waals surface area contributed by atoms with Crippen LogP contribution < -0.4 is 15.8 Å². The van der Waals surface area contributed by atoms with Gasteiger partial charge in [0.25, 0.3) is 0 Å². The average Bonchev–Trinajstić information content (AvgIpc) is 3.15. The normalized spacial score (nSPS) is 10.2. The minimum atomic E-state index is -0.523. The molecule has 0 aliphatic carbocycles. The second-order valence-electron chi connectivity index (χ2n) is 5.27. The molecule has 1 heterocycles. The third-order valence-electron chi connectivity index (χ3n) is 3.33. The zero-order valence-corrected chi connectivity index (χ0v) is 19.0. The van der Waals surface area contributed by atoms with Crippen LogP contribution in [-0.4, -0.2) is 17.2 Å². The van der Waals surface area contributed by atoms with Gasteiger partial charge in [-0.2, -0.15) is 5.10 Å². The summed E-state index contributed by atoms with van der Waals surface area (Å²) in [4.78, 5) is 16.2. The SMILES string of the molecule is Cc1ccc([O-])c(/C=N/NC(=O)Nc2nc(-c3ccccc3)cs2)c1.[Cl][Zn+]. The number of benzene rings is 2. The van der Waals surface area contributed by atoms with Crippen molar-refractivity contribution >= 4 is 38.4 Å². The van der Waals surface area contributed by atoms with E-state index in [1.807, 2.05) is 42.6 Å². The van der Waals surface area contributed by atoms with E-state index >= 15 is 0 Å². The van der Waals surface area contributed by atoms with E-state index in [4.69, 9.17) is 9.69 Å².